The average Bonchev–Trinajstić information content (AvgIpc) is 3.33. The van der Waals surface area contributed by atoms with Crippen molar-refractivity contribution in [3.05, 3.63) is 111 Å². The van der Waals surface area contributed by atoms with E-state index in [1.165, 1.54) is 18.2 Å². The summed E-state index contributed by atoms with van der Waals surface area (Å²) in [5, 5.41) is 10.9. The van der Waals surface area contributed by atoms with Gasteiger partial charge in [0.15, 0.2) is 0 Å². The molecule has 1 unspecified atom stereocenters. The Morgan fingerprint density at radius 3 is 2.25 bits per heavy atom. The largest absolute Gasteiger partial charge is 0.269 e. The first-order chi connectivity index (χ1) is 13.6. The van der Waals surface area contributed by atoms with E-state index in [9.17, 15) is 14.5 Å². The average molecular weight is 373 g/mol. The topological polar surface area (TPSA) is 58.5 Å². The Kier molecular flexibility index (Phi) is 3.80. The van der Waals surface area contributed by atoms with Crippen LogP contribution < -0.4 is 0 Å². The molecule has 0 saturated carbocycles. The summed E-state index contributed by atoms with van der Waals surface area (Å²) in [7, 11) is 0. The number of nitro groups is 1. The lowest BCUT2D eigenvalue weighted by Crippen LogP contribution is -2.09. The van der Waals surface area contributed by atoms with E-state index in [2.05, 4.69) is 4.90 Å². The standard InChI is InChI=1S/C22H16FN3O2/c23-18-9-5-4-8-17(18)22-24-19(14-6-2-1-3-7-14)21-20(25(21)22)15-10-12-16(13-11-15)26(27)28/h1-13,20-22H/t20-,21-,22-,25?/m1/s1. The van der Waals surface area contributed by atoms with Crippen LogP contribution in [0.3, 0.4) is 0 Å². The molecule has 4 atom stereocenters. The number of aliphatic imine (C=N–C) groups is 1. The van der Waals surface area contributed by atoms with Gasteiger partial charge in [0.25, 0.3) is 5.69 Å². The molecule has 0 aromatic heterocycles. The van der Waals surface area contributed by atoms with Crippen molar-refractivity contribution in [2.45, 2.75) is 18.2 Å². The van der Waals surface area contributed by atoms with Gasteiger partial charge in [-0.15, -0.1) is 0 Å². The maximum Gasteiger partial charge on any atom is 0.269 e. The fourth-order valence-corrected chi connectivity index (χ4v) is 4.03. The number of rotatable bonds is 4. The number of non-ortho nitro benzene ring substituents is 1. The third kappa shape index (κ3) is 2.61. The summed E-state index contributed by atoms with van der Waals surface area (Å²) in [5.41, 5.74) is 3.52. The molecular weight excluding hydrogens is 357 g/mol. The lowest BCUT2D eigenvalue weighted by Gasteiger charge is -2.15. The quantitative estimate of drug-likeness (QED) is 0.380. The molecule has 0 N–H and O–H groups in total. The zero-order valence-electron chi connectivity index (χ0n) is 14.8. The first-order valence-electron chi connectivity index (χ1n) is 9.04. The van der Waals surface area contributed by atoms with E-state index in [1.807, 2.05) is 36.4 Å². The van der Waals surface area contributed by atoms with E-state index in [4.69, 9.17) is 4.99 Å². The molecule has 1 fully saturated rings. The van der Waals surface area contributed by atoms with Crippen molar-refractivity contribution in [2.24, 2.45) is 4.99 Å². The summed E-state index contributed by atoms with van der Waals surface area (Å²) >= 11 is 0. The van der Waals surface area contributed by atoms with Crippen LogP contribution in [0, 0.1) is 15.9 Å². The van der Waals surface area contributed by atoms with Crippen LogP contribution in [0.2, 0.25) is 0 Å². The third-order valence-corrected chi connectivity index (χ3v) is 5.37. The summed E-state index contributed by atoms with van der Waals surface area (Å²) < 4.78 is 14.5. The molecule has 2 heterocycles. The molecule has 0 bridgehead atoms. The zero-order valence-corrected chi connectivity index (χ0v) is 14.8. The Morgan fingerprint density at radius 2 is 1.57 bits per heavy atom. The monoisotopic (exact) mass is 373 g/mol. The normalized spacial score (nSPS) is 25.1. The van der Waals surface area contributed by atoms with Gasteiger partial charge in [0.05, 0.1) is 22.7 Å². The highest BCUT2D eigenvalue weighted by molar-refractivity contribution is 6.08. The smallest absolute Gasteiger partial charge is 0.263 e. The first kappa shape index (κ1) is 16.8. The van der Waals surface area contributed by atoms with Crippen molar-refractivity contribution in [1.29, 1.82) is 0 Å². The lowest BCUT2D eigenvalue weighted by atomic mass is 10.0. The number of halogens is 1. The fourth-order valence-electron chi connectivity index (χ4n) is 4.03. The minimum absolute atomic E-state index is 0.0260. The van der Waals surface area contributed by atoms with E-state index >= 15 is 0 Å². The van der Waals surface area contributed by atoms with Crippen LogP contribution in [0.1, 0.15) is 28.9 Å². The van der Waals surface area contributed by atoms with Crippen LogP contribution in [0.4, 0.5) is 10.1 Å². The van der Waals surface area contributed by atoms with Crippen LogP contribution in [0.15, 0.2) is 83.9 Å². The highest BCUT2D eigenvalue weighted by Crippen LogP contribution is 2.56. The first-order valence-corrected chi connectivity index (χ1v) is 9.04. The summed E-state index contributed by atoms with van der Waals surface area (Å²) in [6.45, 7) is 0. The highest BCUT2D eigenvalue weighted by atomic mass is 19.1. The van der Waals surface area contributed by atoms with Crippen molar-refractivity contribution < 1.29 is 9.31 Å². The Labute approximate surface area is 160 Å². The van der Waals surface area contributed by atoms with E-state index in [-0.39, 0.29) is 23.6 Å². The van der Waals surface area contributed by atoms with E-state index < -0.39 is 11.1 Å². The van der Waals surface area contributed by atoms with Gasteiger partial charge in [-0.05, 0) is 17.2 Å². The van der Waals surface area contributed by atoms with Gasteiger partial charge in [0.2, 0.25) is 0 Å². The van der Waals surface area contributed by atoms with E-state index in [1.54, 1.807) is 24.3 Å². The van der Waals surface area contributed by atoms with Crippen molar-refractivity contribution >= 4 is 11.4 Å². The molecule has 138 valence electrons. The second-order valence-corrected chi connectivity index (χ2v) is 6.96. The van der Waals surface area contributed by atoms with Gasteiger partial charge in [-0.3, -0.25) is 20.0 Å². The minimum atomic E-state index is -0.406. The predicted molar refractivity (Wildman–Crippen MR) is 104 cm³/mol. The van der Waals surface area contributed by atoms with Gasteiger partial charge in [-0.2, -0.15) is 0 Å². The van der Waals surface area contributed by atoms with Gasteiger partial charge in [-0.1, -0.05) is 60.7 Å². The van der Waals surface area contributed by atoms with Crippen LogP contribution in [0.5, 0.6) is 0 Å². The summed E-state index contributed by atoms with van der Waals surface area (Å²) in [6, 6.07) is 23.2. The van der Waals surface area contributed by atoms with Gasteiger partial charge < -0.3 is 0 Å². The number of nitro benzene ring substituents is 1. The summed E-state index contributed by atoms with van der Waals surface area (Å²) in [4.78, 5) is 17.5. The maximum atomic E-state index is 14.5. The van der Waals surface area contributed by atoms with Gasteiger partial charge >= 0.3 is 0 Å². The number of fused-ring (bicyclic) bond motifs is 1. The molecule has 3 aromatic rings. The fraction of sp³-hybridized carbons (Fsp3) is 0.136. The number of nitrogens with zero attached hydrogens (tertiary/aromatic N) is 3. The van der Waals surface area contributed by atoms with Gasteiger partial charge in [0.1, 0.15) is 12.0 Å². The van der Waals surface area contributed by atoms with Crippen LogP contribution in [-0.4, -0.2) is 21.6 Å². The SMILES string of the molecule is O=[N+]([O-])c1ccc([C@@H]2[C@H]3C(c4ccccc4)=N[C@@H](c4ccccc4F)N32)cc1. The minimum Gasteiger partial charge on any atom is -0.263 e. The van der Waals surface area contributed by atoms with Crippen LogP contribution in [-0.2, 0) is 0 Å². The Bertz CT molecular complexity index is 1080. The van der Waals surface area contributed by atoms with Crippen molar-refractivity contribution in [1.82, 2.24) is 4.90 Å². The molecule has 3 aromatic carbocycles. The van der Waals surface area contributed by atoms with Gasteiger partial charge in [0, 0.05) is 17.7 Å². The molecule has 1 saturated heterocycles. The Morgan fingerprint density at radius 1 is 0.893 bits per heavy atom. The molecule has 2 aliphatic heterocycles. The number of hydrogen-bond acceptors (Lipinski definition) is 4. The molecular formula is C22H16FN3O2. The predicted octanol–water partition coefficient (Wildman–Crippen LogP) is 4.66. The number of hydrogen-bond donors (Lipinski definition) is 0. The second-order valence-electron chi connectivity index (χ2n) is 6.96. The third-order valence-electron chi connectivity index (χ3n) is 5.37. The van der Waals surface area contributed by atoms with E-state index in [0.717, 1.165) is 16.8 Å². The molecule has 0 aliphatic carbocycles. The maximum absolute atomic E-state index is 14.5. The molecule has 2 aliphatic rings. The van der Waals surface area contributed by atoms with Crippen LogP contribution >= 0.6 is 0 Å². The molecule has 6 heteroatoms. The highest BCUT2D eigenvalue weighted by Gasteiger charge is 2.59. The molecule has 5 rings (SSSR count). The summed E-state index contributed by atoms with van der Waals surface area (Å²) in [5.74, 6) is -0.279. The Hall–Kier alpha value is -3.38. The van der Waals surface area contributed by atoms with Gasteiger partial charge in [-0.25, -0.2) is 4.39 Å². The van der Waals surface area contributed by atoms with Crippen molar-refractivity contribution in [3.8, 4) is 0 Å². The van der Waals surface area contributed by atoms with Crippen molar-refractivity contribution in [3.63, 3.8) is 0 Å². The van der Waals surface area contributed by atoms with Crippen molar-refractivity contribution in [2.75, 3.05) is 0 Å². The lowest BCUT2D eigenvalue weighted by molar-refractivity contribution is -0.384. The molecule has 28 heavy (non-hydrogen) atoms. The second kappa shape index (κ2) is 6.35. The molecule has 5 nitrogen and oxygen atoms in total. The molecule has 0 amide bonds. The van der Waals surface area contributed by atoms with Crippen LogP contribution in [0.25, 0.3) is 0 Å². The molecule has 0 spiro atoms. The Balaban J connectivity index is 1.55. The zero-order chi connectivity index (χ0) is 19.3. The summed E-state index contributed by atoms with van der Waals surface area (Å²) in [6.07, 6.45) is -0.401. The molecule has 0 radical (unpaired) electrons. The number of benzene rings is 3. The van der Waals surface area contributed by atoms with E-state index in [0.29, 0.717) is 5.56 Å².